The van der Waals surface area contributed by atoms with E-state index in [0.29, 0.717) is 18.7 Å². The largest absolute Gasteiger partial charge is 0.448 e. The third-order valence-corrected chi connectivity index (χ3v) is 2.82. The van der Waals surface area contributed by atoms with Gasteiger partial charge in [0.2, 0.25) is 5.91 Å². The molecule has 5 heteroatoms. The first-order chi connectivity index (χ1) is 9.15. The lowest BCUT2D eigenvalue weighted by atomic mass is 10.1. The van der Waals surface area contributed by atoms with Crippen LogP contribution in [0.5, 0.6) is 0 Å². The fourth-order valence-corrected chi connectivity index (χ4v) is 1.70. The Bertz CT molecular complexity index is 549. The van der Waals surface area contributed by atoms with E-state index in [0.717, 1.165) is 11.3 Å². The van der Waals surface area contributed by atoms with Crippen LogP contribution in [-0.4, -0.2) is 17.4 Å². The smallest absolute Gasteiger partial charge is 0.227 e. The summed E-state index contributed by atoms with van der Waals surface area (Å²) in [5.74, 6) is 0.217. The molecule has 0 fully saturated rings. The molecule has 0 bridgehead atoms. The molecular formula is C14H15FN2O2. The number of carbonyl (C=O) groups is 1. The van der Waals surface area contributed by atoms with Gasteiger partial charge in [-0.25, -0.2) is 9.37 Å². The molecule has 0 aliphatic carbocycles. The molecule has 1 aromatic heterocycles. The Morgan fingerprint density at radius 1 is 1.37 bits per heavy atom. The van der Waals surface area contributed by atoms with E-state index in [1.807, 2.05) is 0 Å². The maximum atomic E-state index is 12.7. The van der Waals surface area contributed by atoms with Crippen molar-refractivity contribution in [1.82, 2.24) is 10.3 Å². The van der Waals surface area contributed by atoms with E-state index in [9.17, 15) is 9.18 Å². The van der Waals surface area contributed by atoms with E-state index >= 15 is 0 Å². The second-order valence-electron chi connectivity index (χ2n) is 4.26. The van der Waals surface area contributed by atoms with Gasteiger partial charge < -0.3 is 9.73 Å². The Morgan fingerprint density at radius 3 is 2.74 bits per heavy atom. The summed E-state index contributed by atoms with van der Waals surface area (Å²) in [5.41, 5.74) is 1.71. The molecule has 2 rings (SSSR count). The normalized spacial score (nSPS) is 10.4. The number of benzene rings is 1. The lowest BCUT2D eigenvalue weighted by molar-refractivity contribution is -0.120. The van der Waals surface area contributed by atoms with Crippen LogP contribution in [0.25, 0.3) is 0 Å². The van der Waals surface area contributed by atoms with Gasteiger partial charge in [-0.3, -0.25) is 4.79 Å². The molecule has 1 aromatic carbocycles. The fourth-order valence-electron chi connectivity index (χ4n) is 1.70. The van der Waals surface area contributed by atoms with Gasteiger partial charge in [-0.2, -0.15) is 0 Å². The summed E-state index contributed by atoms with van der Waals surface area (Å²) < 4.78 is 17.8. The Kier molecular flexibility index (Phi) is 4.28. The maximum absolute atomic E-state index is 12.7. The van der Waals surface area contributed by atoms with E-state index in [1.165, 1.54) is 18.5 Å². The number of aryl methyl sites for hydroxylation is 1. The van der Waals surface area contributed by atoms with Crippen LogP contribution in [0.1, 0.15) is 17.0 Å². The van der Waals surface area contributed by atoms with Gasteiger partial charge in [-0.1, -0.05) is 12.1 Å². The fraction of sp³-hybridized carbons (Fsp3) is 0.286. The standard InChI is InChI=1S/C14H15FN2O2/c1-10-13(19-9-17-10)8-14(18)16-7-6-11-2-4-12(15)5-3-11/h2-5,9H,6-8H2,1H3,(H,16,18). The van der Waals surface area contributed by atoms with E-state index in [1.54, 1.807) is 19.1 Å². The van der Waals surface area contributed by atoms with Crippen LogP contribution in [0.15, 0.2) is 35.1 Å². The van der Waals surface area contributed by atoms with Crippen molar-refractivity contribution in [2.24, 2.45) is 0 Å². The minimum absolute atomic E-state index is 0.109. The highest BCUT2D eigenvalue weighted by Gasteiger charge is 2.09. The molecule has 19 heavy (non-hydrogen) atoms. The molecule has 0 unspecified atom stereocenters. The zero-order valence-corrected chi connectivity index (χ0v) is 10.6. The molecule has 1 heterocycles. The number of hydrogen-bond acceptors (Lipinski definition) is 3. The Hall–Kier alpha value is -2.17. The van der Waals surface area contributed by atoms with Crippen molar-refractivity contribution < 1.29 is 13.6 Å². The first kappa shape index (κ1) is 13.3. The summed E-state index contributed by atoms with van der Waals surface area (Å²) in [5, 5.41) is 2.79. The monoisotopic (exact) mass is 262 g/mol. The number of oxazole rings is 1. The SMILES string of the molecule is Cc1ncoc1CC(=O)NCCc1ccc(F)cc1. The van der Waals surface area contributed by atoms with Crippen LogP contribution in [0.2, 0.25) is 0 Å². The molecule has 0 atom stereocenters. The van der Waals surface area contributed by atoms with Crippen molar-refractivity contribution in [3.63, 3.8) is 0 Å². The van der Waals surface area contributed by atoms with Gasteiger partial charge >= 0.3 is 0 Å². The molecular weight excluding hydrogens is 247 g/mol. The predicted molar refractivity (Wildman–Crippen MR) is 68.1 cm³/mol. The Labute approximate surface area is 110 Å². The van der Waals surface area contributed by atoms with E-state index in [-0.39, 0.29) is 18.1 Å². The molecule has 0 aliphatic rings. The zero-order chi connectivity index (χ0) is 13.7. The van der Waals surface area contributed by atoms with Gasteiger partial charge in [0.25, 0.3) is 0 Å². The van der Waals surface area contributed by atoms with Crippen molar-refractivity contribution >= 4 is 5.91 Å². The summed E-state index contributed by atoms with van der Waals surface area (Å²) in [4.78, 5) is 15.6. The van der Waals surface area contributed by atoms with Crippen LogP contribution in [0.4, 0.5) is 4.39 Å². The zero-order valence-electron chi connectivity index (χ0n) is 10.6. The molecule has 100 valence electrons. The number of nitrogens with zero attached hydrogens (tertiary/aromatic N) is 1. The van der Waals surface area contributed by atoms with Gasteiger partial charge in [-0.05, 0) is 31.0 Å². The van der Waals surface area contributed by atoms with Gasteiger partial charge in [0.15, 0.2) is 6.39 Å². The third-order valence-electron chi connectivity index (χ3n) is 2.82. The highest BCUT2D eigenvalue weighted by atomic mass is 19.1. The average Bonchev–Trinajstić information content (AvgIpc) is 2.78. The van der Waals surface area contributed by atoms with Crippen molar-refractivity contribution in [3.8, 4) is 0 Å². The van der Waals surface area contributed by atoms with Crippen molar-refractivity contribution in [2.45, 2.75) is 19.8 Å². The average molecular weight is 262 g/mol. The van der Waals surface area contributed by atoms with Crippen LogP contribution < -0.4 is 5.32 Å². The number of hydrogen-bond donors (Lipinski definition) is 1. The lowest BCUT2D eigenvalue weighted by Gasteiger charge is -2.04. The summed E-state index contributed by atoms with van der Waals surface area (Å²) in [6.45, 7) is 2.31. The van der Waals surface area contributed by atoms with Gasteiger partial charge in [0.1, 0.15) is 11.6 Å². The minimum atomic E-state index is -0.256. The number of carbonyl (C=O) groups excluding carboxylic acids is 1. The molecule has 1 N–H and O–H groups in total. The highest BCUT2D eigenvalue weighted by molar-refractivity contribution is 5.78. The van der Waals surface area contributed by atoms with Crippen molar-refractivity contribution in [2.75, 3.05) is 6.54 Å². The van der Waals surface area contributed by atoms with E-state index in [4.69, 9.17) is 4.42 Å². The first-order valence-corrected chi connectivity index (χ1v) is 6.05. The summed E-state index contributed by atoms with van der Waals surface area (Å²) >= 11 is 0. The molecule has 2 aromatic rings. The van der Waals surface area contributed by atoms with Gasteiger partial charge in [-0.15, -0.1) is 0 Å². The van der Waals surface area contributed by atoms with Crippen molar-refractivity contribution in [3.05, 3.63) is 53.5 Å². The second kappa shape index (κ2) is 6.13. The summed E-state index contributed by atoms with van der Waals surface area (Å²) in [7, 11) is 0. The van der Waals surface area contributed by atoms with Crippen molar-refractivity contribution in [1.29, 1.82) is 0 Å². The van der Waals surface area contributed by atoms with Crippen LogP contribution in [0.3, 0.4) is 0 Å². The summed E-state index contributed by atoms with van der Waals surface area (Å²) in [6.07, 6.45) is 2.19. The summed E-state index contributed by atoms with van der Waals surface area (Å²) in [6, 6.07) is 6.24. The quantitative estimate of drug-likeness (QED) is 0.897. The topological polar surface area (TPSA) is 55.1 Å². The van der Waals surface area contributed by atoms with E-state index in [2.05, 4.69) is 10.3 Å². The molecule has 0 saturated carbocycles. The molecule has 4 nitrogen and oxygen atoms in total. The Balaban J connectivity index is 1.75. The number of aromatic nitrogens is 1. The van der Waals surface area contributed by atoms with E-state index < -0.39 is 0 Å². The van der Waals surface area contributed by atoms with Crippen LogP contribution >= 0.6 is 0 Å². The molecule has 0 spiro atoms. The molecule has 0 aliphatic heterocycles. The minimum Gasteiger partial charge on any atom is -0.448 e. The lowest BCUT2D eigenvalue weighted by Crippen LogP contribution is -2.27. The highest BCUT2D eigenvalue weighted by Crippen LogP contribution is 2.06. The number of nitrogens with one attached hydrogen (secondary N) is 1. The number of amides is 1. The maximum Gasteiger partial charge on any atom is 0.227 e. The van der Waals surface area contributed by atoms with Crippen LogP contribution in [-0.2, 0) is 17.6 Å². The van der Waals surface area contributed by atoms with Gasteiger partial charge in [0, 0.05) is 6.54 Å². The molecule has 1 amide bonds. The Morgan fingerprint density at radius 2 is 2.11 bits per heavy atom. The molecule has 0 radical (unpaired) electrons. The predicted octanol–water partition coefficient (Wildman–Crippen LogP) is 2.02. The van der Waals surface area contributed by atoms with Gasteiger partial charge in [0.05, 0.1) is 12.1 Å². The third kappa shape index (κ3) is 3.91. The first-order valence-electron chi connectivity index (χ1n) is 6.05. The number of halogens is 1. The van der Waals surface area contributed by atoms with Crippen LogP contribution in [0, 0.1) is 12.7 Å². The second-order valence-corrected chi connectivity index (χ2v) is 4.26. The number of rotatable bonds is 5. The molecule has 0 saturated heterocycles.